The van der Waals surface area contributed by atoms with E-state index in [1.165, 1.54) is 36.4 Å². The van der Waals surface area contributed by atoms with Gasteiger partial charge in [-0.15, -0.1) is 0 Å². The molecule has 154 valence electrons. The van der Waals surface area contributed by atoms with Crippen molar-refractivity contribution in [3.05, 3.63) is 65.2 Å². The van der Waals surface area contributed by atoms with Crippen LogP contribution in [0.1, 0.15) is 34.3 Å². The molecule has 2 aromatic rings. The van der Waals surface area contributed by atoms with Gasteiger partial charge in [-0.2, -0.15) is 13.2 Å². The quantitative estimate of drug-likeness (QED) is 0.802. The van der Waals surface area contributed by atoms with E-state index in [1.807, 2.05) is 0 Å². The second-order valence-electron chi connectivity index (χ2n) is 7.14. The van der Waals surface area contributed by atoms with Crippen molar-refractivity contribution in [2.75, 3.05) is 13.1 Å². The number of hydrogen-bond acceptors (Lipinski definition) is 3. The van der Waals surface area contributed by atoms with Gasteiger partial charge < -0.3 is 10.0 Å². The lowest BCUT2D eigenvalue weighted by molar-refractivity contribution is -0.137. The Kier molecular flexibility index (Phi) is 6.10. The number of nitrogens with zero attached hydrogens (tertiary/aromatic N) is 1. The van der Waals surface area contributed by atoms with Crippen LogP contribution in [0, 0.1) is 5.92 Å². The number of amides is 3. The molecular formula is C21H21F3N2O3. The minimum absolute atomic E-state index is 0.0306. The monoisotopic (exact) mass is 406 g/mol. The Bertz CT molecular complexity index is 856. The number of urea groups is 1. The van der Waals surface area contributed by atoms with Gasteiger partial charge in [-0.1, -0.05) is 12.1 Å². The first-order valence-electron chi connectivity index (χ1n) is 9.28. The Morgan fingerprint density at radius 2 is 1.59 bits per heavy atom. The predicted octanol–water partition coefficient (Wildman–Crippen LogP) is 4.22. The molecule has 0 bridgehead atoms. The van der Waals surface area contributed by atoms with E-state index in [0.717, 1.165) is 17.7 Å². The Hall–Kier alpha value is -3.03. The van der Waals surface area contributed by atoms with E-state index >= 15 is 0 Å². The summed E-state index contributed by atoms with van der Waals surface area (Å²) in [7, 11) is 0. The number of piperidine rings is 1. The minimum Gasteiger partial charge on any atom is -0.508 e. The molecule has 1 aliphatic rings. The number of likely N-dealkylation sites (tertiary alicyclic amines) is 1. The molecule has 29 heavy (non-hydrogen) atoms. The number of carbonyl (C=O) groups is 2. The van der Waals surface area contributed by atoms with E-state index in [0.29, 0.717) is 32.4 Å². The summed E-state index contributed by atoms with van der Waals surface area (Å²) in [5.74, 6) is -0.242. The van der Waals surface area contributed by atoms with Crippen molar-refractivity contribution >= 4 is 11.9 Å². The third kappa shape index (κ3) is 5.49. The molecule has 8 heteroatoms. The summed E-state index contributed by atoms with van der Waals surface area (Å²) in [6, 6.07) is 10.3. The summed E-state index contributed by atoms with van der Waals surface area (Å²) in [5, 5.41) is 11.6. The minimum atomic E-state index is -4.34. The van der Waals surface area contributed by atoms with Crippen LogP contribution in [0.4, 0.5) is 18.0 Å². The number of rotatable bonds is 3. The fourth-order valence-electron chi connectivity index (χ4n) is 3.36. The zero-order chi connectivity index (χ0) is 21.0. The normalized spacial score (nSPS) is 15.2. The van der Waals surface area contributed by atoms with Gasteiger partial charge in [0, 0.05) is 18.7 Å². The smallest absolute Gasteiger partial charge is 0.416 e. The third-order valence-corrected chi connectivity index (χ3v) is 5.06. The molecule has 5 nitrogen and oxygen atoms in total. The number of nitrogens with one attached hydrogen (secondary N) is 1. The molecule has 1 heterocycles. The number of phenols is 1. The van der Waals surface area contributed by atoms with Gasteiger partial charge >= 0.3 is 12.2 Å². The largest absolute Gasteiger partial charge is 0.508 e. The SMILES string of the molecule is O=C(NC(=O)N1CCC(Cc2ccc(C(F)(F)F)cc2)CC1)c1ccc(O)cc1. The molecule has 0 radical (unpaired) electrons. The molecule has 2 aromatic carbocycles. The Balaban J connectivity index is 1.47. The van der Waals surface area contributed by atoms with E-state index < -0.39 is 23.7 Å². The number of hydrogen-bond donors (Lipinski definition) is 2. The molecule has 1 saturated heterocycles. The molecule has 0 unspecified atom stereocenters. The number of halogens is 3. The lowest BCUT2D eigenvalue weighted by Crippen LogP contribution is -2.46. The molecule has 2 N–H and O–H groups in total. The Morgan fingerprint density at radius 1 is 1.00 bits per heavy atom. The van der Waals surface area contributed by atoms with Crippen LogP contribution in [0.25, 0.3) is 0 Å². The lowest BCUT2D eigenvalue weighted by atomic mass is 9.90. The zero-order valence-corrected chi connectivity index (χ0v) is 15.6. The van der Waals surface area contributed by atoms with Crippen LogP contribution < -0.4 is 5.32 Å². The molecule has 1 aliphatic heterocycles. The number of phenolic OH excluding ortho intramolecular Hbond substituents is 1. The van der Waals surface area contributed by atoms with Crippen LogP contribution in [-0.2, 0) is 12.6 Å². The highest BCUT2D eigenvalue weighted by atomic mass is 19.4. The van der Waals surface area contributed by atoms with Crippen molar-refractivity contribution in [1.82, 2.24) is 10.2 Å². The number of carbonyl (C=O) groups excluding carboxylic acids is 2. The molecule has 0 saturated carbocycles. The van der Waals surface area contributed by atoms with Crippen LogP contribution in [-0.4, -0.2) is 35.0 Å². The van der Waals surface area contributed by atoms with Gasteiger partial charge in [0.15, 0.2) is 0 Å². The van der Waals surface area contributed by atoms with Crippen LogP contribution >= 0.6 is 0 Å². The van der Waals surface area contributed by atoms with Crippen molar-refractivity contribution in [1.29, 1.82) is 0 Å². The molecule has 0 aromatic heterocycles. The second-order valence-corrected chi connectivity index (χ2v) is 7.14. The molecule has 3 rings (SSSR count). The van der Waals surface area contributed by atoms with Gasteiger partial charge in [0.2, 0.25) is 0 Å². The Labute approximate surface area is 166 Å². The van der Waals surface area contributed by atoms with E-state index in [4.69, 9.17) is 0 Å². The topological polar surface area (TPSA) is 69.6 Å². The first-order chi connectivity index (χ1) is 13.7. The average molecular weight is 406 g/mol. The number of aromatic hydroxyl groups is 1. The van der Waals surface area contributed by atoms with Gasteiger partial charge in [0.25, 0.3) is 5.91 Å². The maximum absolute atomic E-state index is 12.6. The van der Waals surface area contributed by atoms with Gasteiger partial charge in [-0.3, -0.25) is 10.1 Å². The van der Waals surface area contributed by atoms with Crippen LogP contribution in [0.3, 0.4) is 0 Å². The number of alkyl halides is 3. The van der Waals surface area contributed by atoms with Gasteiger partial charge in [-0.05, 0) is 67.1 Å². The van der Waals surface area contributed by atoms with E-state index in [-0.39, 0.29) is 17.2 Å². The van der Waals surface area contributed by atoms with E-state index in [1.54, 1.807) is 4.90 Å². The summed E-state index contributed by atoms with van der Waals surface area (Å²) < 4.78 is 37.9. The fourth-order valence-corrected chi connectivity index (χ4v) is 3.36. The van der Waals surface area contributed by atoms with Crippen LogP contribution in [0.15, 0.2) is 48.5 Å². The van der Waals surface area contributed by atoms with Crippen molar-refractivity contribution in [2.24, 2.45) is 5.92 Å². The summed E-state index contributed by atoms with van der Waals surface area (Å²) in [5.41, 5.74) is 0.447. The third-order valence-electron chi connectivity index (χ3n) is 5.06. The molecule has 0 spiro atoms. The molecule has 1 fully saturated rings. The first-order valence-corrected chi connectivity index (χ1v) is 9.28. The molecular weight excluding hydrogens is 385 g/mol. The maximum atomic E-state index is 12.6. The Morgan fingerprint density at radius 3 is 2.14 bits per heavy atom. The highest BCUT2D eigenvalue weighted by Crippen LogP contribution is 2.30. The predicted molar refractivity (Wildman–Crippen MR) is 100 cm³/mol. The number of benzene rings is 2. The fraction of sp³-hybridized carbons (Fsp3) is 0.333. The summed E-state index contributed by atoms with van der Waals surface area (Å²) in [4.78, 5) is 25.9. The molecule has 0 atom stereocenters. The summed E-state index contributed by atoms with van der Waals surface area (Å²) in [6.45, 7) is 0.944. The molecule has 0 aliphatic carbocycles. The highest BCUT2D eigenvalue weighted by Gasteiger charge is 2.30. The van der Waals surface area contributed by atoms with Gasteiger partial charge in [0.05, 0.1) is 5.56 Å². The van der Waals surface area contributed by atoms with E-state index in [9.17, 15) is 27.9 Å². The highest BCUT2D eigenvalue weighted by molar-refractivity contribution is 6.04. The van der Waals surface area contributed by atoms with Crippen molar-refractivity contribution < 1.29 is 27.9 Å². The van der Waals surface area contributed by atoms with Crippen molar-refractivity contribution in [3.8, 4) is 5.75 Å². The number of imide groups is 1. The van der Waals surface area contributed by atoms with Crippen LogP contribution in [0.2, 0.25) is 0 Å². The van der Waals surface area contributed by atoms with E-state index in [2.05, 4.69) is 5.32 Å². The lowest BCUT2D eigenvalue weighted by Gasteiger charge is -2.32. The van der Waals surface area contributed by atoms with Gasteiger partial charge in [-0.25, -0.2) is 4.79 Å². The summed E-state index contributed by atoms with van der Waals surface area (Å²) >= 11 is 0. The second kappa shape index (κ2) is 8.55. The van der Waals surface area contributed by atoms with Crippen molar-refractivity contribution in [3.63, 3.8) is 0 Å². The van der Waals surface area contributed by atoms with Gasteiger partial charge in [0.1, 0.15) is 5.75 Å². The first kappa shape index (κ1) is 20.7. The van der Waals surface area contributed by atoms with Crippen LogP contribution in [0.5, 0.6) is 5.75 Å². The summed E-state index contributed by atoms with van der Waals surface area (Å²) in [6.07, 6.45) is -2.27. The average Bonchev–Trinajstić information content (AvgIpc) is 2.68. The van der Waals surface area contributed by atoms with Crippen molar-refractivity contribution in [2.45, 2.75) is 25.4 Å². The standard InChI is InChI=1S/C21H21F3N2O3/c22-21(23,24)17-5-1-14(2-6-17)13-15-9-11-26(12-10-15)20(29)25-19(28)16-3-7-18(27)8-4-16/h1-8,15,27H,9-13H2,(H,25,28,29). The maximum Gasteiger partial charge on any atom is 0.416 e. The molecule has 3 amide bonds. The zero-order valence-electron chi connectivity index (χ0n) is 15.6.